The van der Waals surface area contributed by atoms with Crippen molar-refractivity contribution in [1.29, 1.82) is 0 Å². The van der Waals surface area contributed by atoms with Crippen molar-refractivity contribution in [2.45, 2.75) is 45.3 Å². The van der Waals surface area contributed by atoms with Crippen LogP contribution < -0.4 is 5.32 Å². The van der Waals surface area contributed by atoms with Gasteiger partial charge in [0.2, 0.25) is 0 Å². The summed E-state index contributed by atoms with van der Waals surface area (Å²) in [5.41, 5.74) is 2.46. The minimum Gasteiger partial charge on any atom is -0.393 e. The Morgan fingerprint density at radius 2 is 2.26 bits per heavy atom. The van der Waals surface area contributed by atoms with Gasteiger partial charge in [0.05, 0.1) is 25.4 Å². The first-order valence-corrected chi connectivity index (χ1v) is 8.34. The van der Waals surface area contributed by atoms with E-state index in [0.717, 1.165) is 0 Å². The zero-order valence-electron chi connectivity index (χ0n) is 14.3. The van der Waals surface area contributed by atoms with Crippen LogP contribution >= 0.6 is 0 Å². The van der Waals surface area contributed by atoms with Gasteiger partial charge in [0.25, 0.3) is 0 Å². The molecule has 1 aliphatic rings. The molecule has 1 aliphatic heterocycles. The number of aryl methyl sites for hydroxylation is 1. The lowest BCUT2D eigenvalue weighted by atomic mass is 9.99. The quantitative estimate of drug-likeness (QED) is 0.875. The minimum absolute atomic E-state index is 0.0574. The summed E-state index contributed by atoms with van der Waals surface area (Å²) in [4.78, 5) is 14.3. The molecule has 1 heterocycles. The second-order valence-electron chi connectivity index (χ2n) is 6.51. The number of nitrogens with one attached hydrogen (secondary N) is 1. The van der Waals surface area contributed by atoms with E-state index in [0.29, 0.717) is 32.7 Å². The summed E-state index contributed by atoms with van der Waals surface area (Å²) in [6.45, 7) is 8.14. The Morgan fingerprint density at radius 1 is 1.48 bits per heavy atom. The highest BCUT2D eigenvalue weighted by atomic mass is 16.5. The van der Waals surface area contributed by atoms with Crippen molar-refractivity contribution in [3.8, 4) is 0 Å². The number of nitrogens with zero attached hydrogens (tertiary/aromatic N) is 1. The molecule has 1 aromatic rings. The lowest BCUT2D eigenvalue weighted by Gasteiger charge is -2.36. The number of aliphatic hydroxyl groups excluding tert-OH is 1. The van der Waals surface area contributed by atoms with Gasteiger partial charge in [-0.1, -0.05) is 36.8 Å². The highest BCUT2D eigenvalue weighted by Crippen LogP contribution is 2.17. The van der Waals surface area contributed by atoms with Crippen molar-refractivity contribution in [2.75, 3.05) is 26.3 Å². The first-order chi connectivity index (χ1) is 11.0. The van der Waals surface area contributed by atoms with Crippen LogP contribution in [0.3, 0.4) is 0 Å². The van der Waals surface area contributed by atoms with E-state index in [1.54, 1.807) is 11.8 Å². The third-order valence-corrected chi connectivity index (χ3v) is 4.27. The molecule has 2 rings (SSSR count). The third-order valence-electron chi connectivity index (χ3n) is 4.27. The molecule has 5 heteroatoms. The number of rotatable bonds is 5. The summed E-state index contributed by atoms with van der Waals surface area (Å²) < 4.78 is 5.44. The summed E-state index contributed by atoms with van der Waals surface area (Å²) in [5, 5.41) is 12.6. The average Bonchev–Trinajstić information content (AvgIpc) is 2.52. The van der Waals surface area contributed by atoms with Crippen LogP contribution in [0.1, 0.15) is 37.3 Å². The Bertz CT molecular complexity index is 519. The molecule has 0 unspecified atom stereocenters. The van der Waals surface area contributed by atoms with Crippen molar-refractivity contribution in [3.63, 3.8) is 0 Å². The molecule has 0 saturated carbocycles. The Morgan fingerprint density at radius 3 is 2.96 bits per heavy atom. The maximum atomic E-state index is 12.5. The van der Waals surface area contributed by atoms with Crippen molar-refractivity contribution in [1.82, 2.24) is 10.2 Å². The van der Waals surface area contributed by atoms with Gasteiger partial charge in [-0.15, -0.1) is 0 Å². The predicted octanol–water partition coefficient (Wildman–Crippen LogP) is 2.28. The SMILES string of the molecule is Cc1cccc([C@H](C)CNC(=O)N2CCOC[C@@H]2C[C@@H](C)O)c1. The maximum Gasteiger partial charge on any atom is 0.317 e. The molecule has 1 fully saturated rings. The molecule has 2 N–H and O–H groups in total. The monoisotopic (exact) mass is 320 g/mol. The maximum absolute atomic E-state index is 12.5. The number of urea groups is 1. The summed E-state index contributed by atoms with van der Waals surface area (Å²) in [6, 6.07) is 8.24. The molecular weight excluding hydrogens is 292 g/mol. The molecular formula is C18H28N2O3. The van der Waals surface area contributed by atoms with Gasteiger partial charge in [-0.3, -0.25) is 0 Å². The number of hydrogen-bond acceptors (Lipinski definition) is 3. The standard InChI is InChI=1S/C18H28N2O3/c1-13-5-4-6-16(9-13)14(2)11-19-18(22)20-7-8-23-12-17(20)10-15(3)21/h4-6,9,14-15,17,21H,7-8,10-12H2,1-3H3,(H,19,22)/t14-,15-,17+/m1/s1. The van der Waals surface area contributed by atoms with Crippen molar-refractivity contribution >= 4 is 6.03 Å². The smallest absolute Gasteiger partial charge is 0.317 e. The van der Waals surface area contributed by atoms with Gasteiger partial charge >= 0.3 is 6.03 Å². The fourth-order valence-corrected chi connectivity index (χ4v) is 2.95. The van der Waals surface area contributed by atoms with Crippen LogP contribution in [0.25, 0.3) is 0 Å². The summed E-state index contributed by atoms with van der Waals surface area (Å²) in [6.07, 6.45) is 0.101. The topological polar surface area (TPSA) is 61.8 Å². The molecule has 3 atom stereocenters. The first-order valence-electron chi connectivity index (χ1n) is 8.34. The molecule has 128 valence electrons. The van der Waals surface area contributed by atoms with E-state index in [-0.39, 0.29) is 18.0 Å². The minimum atomic E-state index is -0.441. The lowest BCUT2D eigenvalue weighted by molar-refractivity contribution is -0.00432. The van der Waals surface area contributed by atoms with Crippen LogP contribution in [0.2, 0.25) is 0 Å². The second-order valence-corrected chi connectivity index (χ2v) is 6.51. The number of morpholine rings is 1. The van der Waals surface area contributed by atoms with Gasteiger partial charge in [0.15, 0.2) is 0 Å². The number of aliphatic hydroxyl groups is 1. The van der Waals surface area contributed by atoms with Crippen molar-refractivity contribution in [3.05, 3.63) is 35.4 Å². The normalized spacial score (nSPS) is 20.9. The average molecular weight is 320 g/mol. The molecule has 23 heavy (non-hydrogen) atoms. The molecule has 1 aromatic carbocycles. The van der Waals surface area contributed by atoms with Crippen LogP contribution in [-0.4, -0.2) is 54.5 Å². The van der Waals surface area contributed by atoms with Gasteiger partial charge in [-0.2, -0.15) is 0 Å². The fourth-order valence-electron chi connectivity index (χ4n) is 2.95. The lowest BCUT2D eigenvalue weighted by Crippen LogP contribution is -2.53. The van der Waals surface area contributed by atoms with Gasteiger partial charge in [0, 0.05) is 13.1 Å². The predicted molar refractivity (Wildman–Crippen MR) is 90.6 cm³/mol. The summed E-state index contributed by atoms with van der Waals surface area (Å²) in [5.74, 6) is 0.259. The van der Waals surface area contributed by atoms with Gasteiger partial charge in [-0.25, -0.2) is 4.79 Å². The molecule has 0 aliphatic carbocycles. The highest BCUT2D eigenvalue weighted by Gasteiger charge is 2.28. The Labute approximate surface area is 138 Å². The van der Waals surface area contributed by atoms with E-state index in [2.05, 4.69) is 37.4 Å². The molecule has 0 aromatic heterocycles. The second kappa shape index (κ2) is 8.31. The Hall–Kier alpha value is -1.59. The number of hydrogen-bond donors (Lipinski definition) is 2. The van der Waals surface area contributed by atoms with E-state index in [4.69, 9.17) is 4.74 Å². The first kappa shape index (κ1) is 17.8. The van der Waals surface area contributed by atoms with Crippen LogP contribution in [-0.2, 0) is 4.74 Å². The Balaban J connectivity index is 1.89. The molecule has 0 spiro atoms. The molecule has 1 saturated heterocycles. The van der Waals surface area contributed by atoms with E-state index >= 15 is 0 Å². The number of carbonyl (C=O) groups excluding carboxylic acids is 1. The van der Waals surface area contributed by atoms with Gasteiger partial charge in [0.1, 0.15) is 0 Å². The summed E-state index contributed by atoms with van der Waals surface area (Å²) in [7, 11) is 0. The summed E-state index contributed by atoms with van der Waals surface area (Å²) >= 11 is 0. The van der Waals surface area contributed by atoms with Crippen LogP contribution in [0, 0.1) is 6.92 Å². The molecule has 2 amide bonds. The van der Waals surface area contributed by atoms with Crippen molar-refractivity contribution in [2.24, 2.45) is 0 Å². The zero-order chi connectivity index (χ0) is 16.8. The van der Waals surface area contributed by atoms with Gasteiger partial charge < -0.3 is 20.1 Å². The number of ether oxygens (including phenoxy) is 1. The van der Waals surface area contributed by atoms with E-state index in [1.807, 2.05) is 6.07 Å². The molecule has 5 nitrogen and oxygen atoms in total. The van der Waals surface area contributed by atoms with Crippen LogP contribution in [0.4, 0.5) is 4.79 Å². The largest absolute Gasteiger partial charge is 0.393 e. The number of carbonyl (C=O) groups is 1. The molecule has 0 radical (unpaired) electrons. The van der Waals surface area contributed by atoms with Gasteiger partial charge in [-0.05, 0) is 31.7 Å². The highest BCUT2D eigenvalue weighted by molar-refractivity contribution is 5.74. The van der Waals surface area contributed by atoms with Crippen LogP contribution in [0.15, 0.2) is 24.3 Å². The third kappa shape index (κ3) is 5.22. The van der Waals surface area contributed by atoms with E-state index in [1.165, 1.54) is 11.1 Å². The van der Waals surface area contributed by atoms with E-state index in [9.17, 15) is 9.90 Å². The Kier molecular flexibility index (Phi) is 6.42. The fraction of sp³-hybridized carbons (Fsp3) is 0.611. The van der Waals surface area contributed by atoms with Crippen LogP contribution in [0.5, 0.6) is 0 Å². The van der Waals surface area contributed by atoms with Crippen molar-refractivity contribution < 1.29 is 14.6 Å². The van der Waals surface area contributed by atoms with E-state index < -0.39 is 6.10 Å². The number of benzene rings is 1. The molecule has 0 bridgehead atoms. The zero-order valence-corrected chi connectivity index (χ0v) is 14.3. The number of amides is 2.